The Bertz CT molecular complexity index is 183. The van der Waals surface area contributed by atoms with Gasteiger partial charge >= 0.3 is 0 Å². The summed E-state index contributed by atoms with van der Waals surface area (Å²) in [5.41, 5.74) is 0. The minimum Gasteiger partial charge on any atom is -0.229 e. The van der Waals surface area contributed by atoms with E-state index in [1.165, 1.54) is 0 Å². The lowest BCUT2D eigenvalue weighted by molar-refractivity contribution is 0.600. The second kappa shape index (κ2) is 2.50. The normalized spacial score (nSPS) is 32.8. The first-order valence-corrected chi connectivity index (χ1v) is 5.41. The quantitative estimate of drug-likeness (QED) is 0.570. The molecule has 0 amide bonds. The molecule has 1 saturated heterocycles. The van der Waals surface area contributed by atoms with E-state index in [9.17, 15) is 8.42 Å². The number of hydrogen-bond donors (Lipinski definition) is 1. The fourth-order valence-corrected chi connectivity index (χ4v) is 3.36. The summed E-state index contributed by atoms with van der Waals surface area (Å²) in [7, 11) is -2.66. The highest BCUT2D eigenvalue weighted by atomic mass is 32.2. The maximum Gasteiger partial charge on any atom is 0.150 e. The molecule has 0 radical (unpaired) electrons. The van der Waals surface area contributed by atoms with Crippen molar-refractivity contribution in [3.63, 3.8) is 0 Å². The average Bonchev–Trinajstić information content (AvgIpc) is 2.10. The Morgan fingerprint density at radius 2 is 2.22 bits per heavy atom. The summed E-state index contributed by atoms with van der Waals surface area (Å²) in [6.07, 6.45) is 0.811. The van der Waals surface area contributed by atoms with Gasteiger partial charge in [-0.1, -0.05) is 0 Å². The SMILES string of the molecule is O=S1(=O)CCC(CS)C1. The number of thiol groups is 1. The molecular formula is C5H10O2S2. The van der Waals surface area contributed by atoms with Crippen LogP contribution in [0.25, 0.3) is 0 Å². The Morgan fingerprint density at radius 1 is 1.56 bits per heavy atom. The highest BCUT2D eigenvalue weighted by Crippen LogP contribution is 2.18. The summed E-state index contributed by atoms with van der Waals surface area (Å²) >= 11 is 4.03. The molecule has 9 heavy (non-hydrogen) atoms. The molecule has 1 atom stereocenters. The van der Waals surface area contributed by atoms with Gasteiger partial charge in [0.05, 0.1) is 11.5 Å². The van der Waals surface area contributed by atoms with E-state index in [1.807, 2.05) is 0 Å². The molecule has 0 aromatic heterocycles. The van der Waals surface area contributed by atoms with E-state index in [2.05, 4.69) is 12.6 Å². The third kappa shape index (κ3) is 1.86. The first kappa shape index (κ1) is 7.41. The lowest BCUT2D eigenvalue weighted by Gasteiger charge is -1.97. The van der Waals surface area contributed by atoms with Gasteiger partial charge in [-0.2, -0.15) is 12.6 Å². The van der Waals surface area contributed by atoms with Gasteiger partial charge < -0.3 is 0 Å². The van der Waals surface area contributed by atoms with Gasteiger partial charge in [0.15, 0.2) is 9.84 Å². The molecule has 0 bridgehead atoms. The van der Waals surface area contributed by atoms with E-state index in [0.717, 1.165) is 6.42 Å². The van der Waals surface area contributed by atoms with Crippen LogP contribution in [0.5, 0.6) is 0 Å². The van der Waals surface area contributed by atoms with Crippen molar-refractivity contribution in [3.05, 3.63) is 0 Å². The van der Waals surface area contributed by atoms with Crippen LogP contribution in [0, 0.1) is 5.92 Å². The molecule has 0 N–H and O–H groups in total. The molecule has 2 nitrogen and oxygen atoms in total. The summed E-state index contributed by atoms with van der Waals surface area (Å²) in [6.45, 7) is 0. The predicted octanol–water partition coefficient (Wildman–Crippen LogP) is 0.351. The number of rotatable bonds is 1. The molecule has 1 aliphatic heterocycles. The molecule has 1 rings (SSSR count). The van der Waals surface area contributed by atoms with Crippen LogP contribution in [-0.4, -0.2) is 25.7 Å². The Morgan fingerprint density at radius 3 is 2.44 bits per heavy atom. The Balaban J connectivity index is 2.58. The zero-order valence-corrected chi connectivity index (χ0v) is 6.79. The molecule has 54 valence electrons. The largest absolute Gasteiger partial charge is 0.229 e. The summed E-state index contributed by atoms with van der Waals surface area (Å²) in [4.78, 5) is 0. The van der Waals surface area contributed by atoms with Crippen molar-refractivity contribution in [2.75, 3.05) is 17.3 Å². The van der Waals surface area contributed by atoms with E-state index < -0.39 is 9.84 Å². The Kier molecular flexibility index (Phi) is 2.06. The van der Waals surface area contributed by atoms with Gasteiger partial charge in [-0.05, 0) is 18.1 Å². The van der Waals surface area contributed by atoms with Crippen LogP contribution >= 0.6 is 12.6 Å². The van der Waals surface area contributed by atoms with Gasteiger partial charge in [0, 0.05) is 0 Å². The van der Waals surface area contributed by atoms with Gasteiger partial charge in [-0.25, -0.2) is 8.42 Å². The Hall–Kier alpha value is 0.300. The van der Waals surface area contributed by atoms with Crippen molar-refractivity contribution in [3.8, 4) is 0 Å². The third-order valence-corrected chi connectivity index (χ3v) is 3.94. The van der Waals surface area contributed by atoms with E-state index in [0.29, 0.717) is 23.2 Å². The molecular weight excluding hydrogens is 156 g/mol. The highest BCUT2D eigenvalue weighted by molar-refractivity contribution is 7.91. The van der Waals surface area contributed by atoms with Gasteiger partial charge in [-0.15, -0.1) is 0 Å². The van der Waals surface area contributed by atoms with Crippen LogP contribution in [0.2, 0.25) is 0 Å². The van der Waals surface area contributed by atoms with Crippen LogP contribution in [0.3, 0.4) is 0 Å². The molecule has 0 saturated carbocycles. The van der Waals surface area contributed by atoms with Crippen molar-refractivity contribution in [1.82, 2.24) is 0 Å². The van der Waals surface area contributed by atoms with Crippen molar-refractivity contribution >= 4 is 22.5 Å². The minimum absolute atomic E-state index is 0.318. The van der Waals surface area contributed by atoms with Crippen LogP contribution in [-0.2, 0) is 9.84 Å². The fraction of sp³-hybridized carbons (Fsp3) is 1.00. The van der Waals surface area contributed by atoms with E-state index in [1.54, 1.807) is 0 Å². The van der Waals surface area contributed by atoms with E-state index in [4.69, 9.17) is 0 Å². The first-order valence-electron chi connectivity index (χ1n) is 2.95. The van der Waals surface area contributed by atoms with Crippen molar-refractivity contribution in [2.45, 2.75) is 6.42 Å². The second-order valence-corrected chi connectivity index (χ2v) is 5.05. The minimum atomic E-state index is -2.66. The van der Waals surface area contributed by atoms with E-state index >= 15 is 0 Å². The monoisotopic (exact) mass is 166 g/mol. The maximum absolute atomic E-state index is 10.8. The zero-order valence-electron chi connectivity index (χ0n) is 5.08. The molecule has 1 fully saturated rings. The van der Waals surface area contributed by atoms with E-state index in [-0.39, 0.29) is 0 Å². The summed E-state index contributed by atoms with van der Waals surface area (Å²) in [5.74, 6) is 1.76. The lowest BCUT2D eigenvalue weighted by atomic mass is 10.2. The summed E-state index contributed by atoms with van der Waals surface area (Å²) < 4.78 is 21.5. The maximum atomic E-state index is 10.8. The summed E-state index contributed by atoms with van der Waals surface area (Å²) in [5, 5.41) is 0. The smallest absolute Gasteiger partial charge is 0.150 e. The fourth-order valence-electron chi connectivity index (χ4n) is 1.02. The number of hydrogen-bond acceptors (Lipinski definition) is 3. The van der Waals surface area contributed by atoms with Crippen LogP contribution in [0.1, 0.15) is 6.42 Å². The van der Waals surface area contributed by atoms with Gasteiger partial charge in [0.1, 0.15) is 0 Å². The highest BCUT2D eigenvalue weighted by Gasteiger charge is 2.26. The van der Waals surface area contributed by atoms with Crippen molar-refractivity contribution < 1.29 is 8.42 Å². The lowest BCUT2D eigenvalue weighted by Crippen LogP contribution is -2.05. The zero-order chi connectivity index (χ0) is 6.91. The van der Waals surface area contributed by atoms with Crippen molar-refractivity contribution in [1.29, 1.82) is 0 Å². The molecule has 0 aliphatic carbocycles. The summed E-state index contributed by atoms with van der Waals surface area (Å²) in [6, 6.07) is 0. The predicted molar refractivity (Wildman–Crippen MR) is 40.6 cm³/mol. The van der Waals surface area contributed by atoms with Crippen molar-refractivity contribution in [2.24, 2.45) is 5.92 Å². The van der Waals surface area contributed by atoms with Gasteiger partial charge in [0.2, 0.25) is 0 Å². The number of sulfone groups is 1. The van der Waals surface area contributed by atoms with Crippen LogP contribution in [0.4, 0.5) is 0 Å². The molecule has 4 heteroatoms. The molecule has 0 aromatic rings. The second-order valence-electron chi connectivity index (χ2n) is 2.45. The molecule has 1 aliphatic rings. The Labute approximate surface area is 61.0 Å². The standard InChI is InChI=1S/C5H10O2S2/c6-9(7)2-1-5(3-8)4-9/h5,8H,1-4H2. The van der Waals surface area contributed by atoms with Crippen LogP contribution < -0.4 is 0 Å². The third-order valence-electron chi connectivity index (χ3n) is 1.58. The molecule has 1 heterocycles. The average molecular weight is 166 g/mol. The molecule has 0 spiro atoms. The first-order chi connectivity index (χ1) is 4.14. The van der Waals surface area contributed by atoms with Crippen LogP contribution in [0.15, 0.2) is 0 Å². The molecule has 0 aromatic carbocycles. The van der Waals surface area contributed by atoms with Gasteiger partial charge in [-0.3, -0.25) is 0 Å². The van der Waals surface area contributed by atoms with Gasteiger partial charge in [0.25, 0.3) is 0 Å². The molecule has 1 unspecified atom stereocenters. The topological polar surface area (TPSA) is 34.1 Å².